The Labute approximate surface area is 249 Å². The Hall–Kier alpha value is -4.01. The van der Waals surface area contributed by atoms with Crippen molar-refractivity contribution >= 4 is 54.9 Å². The third-order valence-electron chi connectivity index (χ3n) is 6.04. The largest absolute Gasteiger partial charge is 0.490 e. The first-order chi connectivity index (χ1) is 19.5. The van der Waals surface area contributed by atoms with E-state index in [0.29, 0.717) is 30.3 Å². The maximum absolute atomic E-state index is 13.3. The Morgan fingerprint density at radius 1 is 0.925 bits per heavy atom. The average molecular weight is 659 g/mol. The number of rotatable bonds is 9. The summed E-state index contributed by atoms with van der Waals surface area (Å²) in [7, 11) is 0. The summed E-state index contributed by atoms with van der Waals surface area (Å²) in [6, 6.07) is 30.8. The van der Waals surface area contributed by atoms with Crippen molar-refractivity contribution < 1.29 is 14.3 Å². The number of nitrogens with zero attached hydrogens (tertiary/aromatic N) is 2. The van der Waals surface area contributed by atoms with Crippen LogP contribution in [-0.2, 0) is 6.61 Å². The van der Waals surface area contributed by atoms with E-state index in [1.54, 1.807) is 12.3 Å². The van der Waals surface area contributed by atoms with Crippen molar-refractivity contribution in [2.45, 2.75) is 13.5 Å². The summed E-state index contributed by atoms with van der Waals surface area (Å²) >= 11 is 7.05. The lowest BCUT2D eigenvalue weighted by molar-refractivity contribution is 0.0956. The molecule has 0 fully saturated rings. The van der Waals surface area contributed by atoms with Gasteiger partial charge in [0.15, 0.2) is 11.5 Å². The lowest BCUT2D eigenvalue weighted by Crippen LogP contribution is -2.18. The first-order valence-electron chi connectivity index (χ1n) is 12.6. The number of hydrogen-bond donors (Lipinski definition) is 1. The highest BCUT2D eigenvalue weighted by Crippen LogP contribution is 2.37. The van der Waals surface area contributed by atoms with Crippen LogP contribution < -0.4 is 14.9 Å². The Kier molecular flexibility index (Phi) is 8.88. The van der Waals surface area contributed by atoms with Crippen LogP contribution >= 0.6 is 31.9 Å². The van der Waals surface area contributed by atoms with E-state index in [-0.39, 0.29) is 5.91 Å². The molecule has 40 heavy (non-hydrogen) atoms. The zero-order valence-electron chi connectivity index (χ0n) is 21.6. The second kappa shape index (κ2) is 12.9. The van der Waals surface area contributed by atoms with Crippen LogP contribution in [0.2, 0.25) is 0 Å². The minimum atomic E-state index is -0.328. The number of pyridine rings is 1. The van der Waals surface area contributed by atoms with Gasteiger partial charge in [-0.2, -0.15) is 5.10 Å². The van der Waals surface area contributed by atoms with Gasteiger partial charge >= 0.3 is 0 Å². The molecule has 4 aromatic carbocycles. The molecule has 0 aliphatic carbocycles. The molecule has 0 aliphatic rings. The zero-order chi connectivity index (χ0) is 27.9. The topological polar surface area (TPSA) is 72.8 Å². The Morgan fingerprint density at radius 2 is 1.68 bits per heavy atom. The molecule has 6 nitrogen and oxygen atoms in total. The third-order valence-corrected chi connectivity index (χ3v) is 7.16. The lowest BCUT2D eigenvalue weighted by Gasteiger charge is -2.15. The maximum Gasteiger partial charge on any atom is 0.272 e. The molecule has 0 bridgehead atoms. The number of halogens is 2. The second-order valence-electron chi connectivity index (χ2n) is 8.82. The Balaban J connectivity index is 1.36. The molecular weight excluding hydrogens is 634 g/mol. The highest BCUT2D eigenvalue weighted by atomic mass is 79.9. The number of aromatic nitrogens is 1. The summed E-state index contributed by atoms with van der Waals surface area (Å²) in [5.74, 6) is 0.850. The fourth-order valence-electron chi connectivity index (χ4n) is 4.15. The molecular formula is C32H25Br2N3O3. The molecule has 0 aliphatic heterocycles. The summed E-state index contributed by atoms with van der Waals surface area (Å²) < 4.78 is 13.7. The van der Waals surface area contributed by atoms with Gasteiger partial charge in [0.05, 0.1) is 34.1 Å². The number of amides is 1. The van der Waals surface area contributed by atoms with Crippen molar-refractivity contribution in [1.82, 2.24) is 10.4 Å². The number of hydrogen-bond acceptors (Lipinski definition) is 5. The van der Waals surface area contributed by atoms with E-state index in [9.17, 15) is 4.79 Å². The molecule has 1 aromatic heterocycles. The van der Waals surface area contributed by atoms with E-state index < -0.39 is 0 Å². The predicted octanol–water partition coefficient (Wildman–Crippen LogP) is 8.17. The van der Waals surface area contributed by atoms with E-state index in [0.717, 1.165) is 42.2 Å². The molecule has 0 saturated heterocycles. The van der Waals surface area contributed by atoms with E-state index in [2.05, 4.69) is 42.4 Å². The standard InChI is InChI=1S/C32H25Br2N3O3/c1-2-39-30-17-22(16-27(34)31(30)40-20-21-12-14-24(33)15-13-21)19-35-37-32(38)26-18-29(23-8-4-3-5-9-23)36-28-11-7-6-10-25(26)28/h3-19H,2,20H2,1H3,(H,37,38)/b35-19+. The van der Waals surface area contributed by atoms with Gasteiger partial charge in [0, 0.05) is 15.4 Å². The highest BCUT2D eigenvalue weighted by molar-refractivity contribution is 9.10. The van der Waals surface area contributed by atoms with Gasteiger partial charge in [-0.3, -0.25) is 4.79 Å². The number of ether oxygens (including phenoxy) is 2. The van der Waals surface area contributed by atoms with Gasteiger partial charge in [0.25, 0.3) is 5.91 Å². The number of hydrazone groups is 1. The highest BCUT2D eigenvalue weighted by Gasteiger charge is 2.15. The molecule has 8 heteroatoms. The van der Waals surface area contributed by atoms with Crippen molar-refractivity contribution in [2.75, 3.05) is 6.61 Å². The van der Waals surface area contributed by atoms with Crippen LogP contribution in [0.15, 0.2) is 111 Å². The van der Waals surface area contributed by atoms with Crippen molar-refractivity contribution in [2.24, 2.45) is 5.10 Å². The quantitative estimate of drug-likeness (QED) is 0.128. The molecule has 1 amide bonds. The van der Waals surface area contributed by atoms with Gasteiger partial charge in [-0.25, -0.2) is 10.4 Å². The van der Waals surface area contributed by atoms with Crippen molar-refractivity contribution in [3.8, 4) is 22.8 Å². The van der Waals surface area contributed by atoms with E-state index in [1.165, 1.54) is 0 Å². The number of nitrogens with one attached hydrogen (secondary N) is 1. The van der Waals surface area contributed by atoms with Crippen molar-refractivity contribution in [3.63, 3.8) is 0 Å². The smallest absolute Gasteiger partial charge is 0.272 e. The average Bonchev–Trinajstić information content (AvgIpc) is 2.97. The van der Waals surface area contributed by atoms with Gasteiger partial charge in [0.2, 0.25) is 0 Å². The van der Waals surface area contributed by atoms with Crippen LogP contribution in [0.5, 0.6) is 11.5 Å². The van der Waals surface area contributed by atoms with E-state index >= 15 is 0 Å². The van der Waals surface area contributed by atoms with Crippen molar-refractivity contribution in [1.29, 1.82) is 0 Å². The number of fused-ring (bicyclic) bond motifs is 1. The normalized spacial score (nSPS) is 11.1. The molecule has 200 valence electrons. The first kappa shape index (κ1) is 27.6. The number of carbonyl (C=O) groups is 1. The van der Waals surface area contributed by atoms with Gasteiger partial charge in [0.1, 0.15) is 6.61 Å². The van der Waals surface area contributed by atoms with Crippen LogP contribution in [-0.4, -0.2) is 23.7 Å². The molecule has 0 spiro atoms. The summed E-state index contributed by atoms with van der Waals surface area (Å²) in [5, 5.41) is 4.99. The molecule has 0 radical (unpaired) electrons. The number of carbonyl (C=O) groups excluding carboxylic acids is 1. The SMILES string of the molecule is CCOc1cc(/C=N/NC(=O)c2cc(-c3ccccc3)nc3ccccc23)cc(Br)c1OCc1ccc(Br)cc1. The number of para-hydroxylation sites is 1. The maximum atomic E-state index is 13.3. The zero-order valence-corrected chi connectivity index (χ0v) is 24.8. The predicted molar refractivity (Wildman–Crippen MR) is 166 cm³/mol. The molecule has 1 heterocycles. The lowest BCUT2D eigenvalue weighted by atomic mass is 10.0. The second-order valence-corrected chi connectivity index (χ2v) is 10.6. The molecule has 1 N–H and O–H groups in total. The van der Waals surface area contributed by atoms with Gasteiger partial charge in [-0.1, -0.05) is 76.6 Å². The third kappa shape index (κ3) is 6.58. The fourth-order valence-corrected chi connectivity index (χ4v) is 4.99. The summed E-state index contributed by atoms with van der Waals surface area (Å²) in [4.78, 5) is 18.0. The minimum absolute atomic E-state index is 0.328. The van der Waals surface area contributed by atoms with Crippen LogP contribution in [0.25, 0.3) is 22.2 Å². The summed E-state index contributed by atoms with van der Waals surface area (Å²) in [6.07, 6.45) is 1.57. The molecule has 0 atom stereocenters. The molecule has 0 unspecified atom stereocenters. The first-order valence-corrected chi connectivity index (χ1v) is 14.2. The van der Waals surface area contributed by atoms with E-state index in [1.807, 2.05) is 97.9 Å². The Morgan fingerprint density at radius 3 is 2.45 bits per heavy atom. The molecule has 5 rings (SSSR count). The molecule has 5 aromatic rings. The van der Waals surface area contributed by atoms with E-state index in [4.69, 9.17) is 14.5 Å². The monoisotopic (exact) mass is 657 g/mol. The number of benzene rings is 4. The molecule has 0 saturated carbocycles. The summed E-state index contributed by atoms with van der Waals surface area (Å²) in [5.41, 5.74) is 7.32. The Bertz CT molecular complexity index is 1670. The van der Waals surface area contributed by atoms with Gasteiger partial charge in [-0.05, 0) is 70.4 Å². The van der Waals surface area contributed by atoms with Crippen LogP contribution in [0.3, 0.4) is 0 Å². The van der Waals surface area contributed by atoms with Crippen molar-refractivity contribution in [3.05, 3.63) is 123 Å². The van der Waals surface area contributed by atoms with Gasteiger partial charge in [-0.15, -0.1) is 0 Å². The fraction of sp³-hybridized carbons (Fsp3) is 0.0938. The minimum Gasteiger partial charge on any atom is -0.490 e. The van der Waals surface area contributed by atoms with Crippen LogP contribution in [0.4, 0.5) is 0 Å². The summed E-state index contributed by atoms with van der Waals surface area (Å²) in [6.45, 7) is 2.77. The van der Waals surface area contributed by atoms with Crippen LogP contribution in [0, 0.1) is 0 Å². The van der Waals surface area contributed by atoms with Crippen LogP contribution in [0.1, 0.15) is 28.4 Å². The van der Waals surface area contributed by atoms with Gasteiger partial charge < -0.3 is 9.47 Å².